The molecular formula is C13H22N4O. The Morgan fingerprint density at radius 1 is 1.56 bits per heavy atom. The van der Waals surface area contributed by atoms with Gasteiger partial charge in [0, 0.05) is 23.7 Å². The van der Waals surface area contributed by atoms with Crippen molar-refractivity contribution in [2.24, 2.45) is 5.92 Å². The van der Waals surface area contributed by atoms with E-state index in [2.05, 4.69) is 41.6 Å². The van der Waals surface area contributed by atoms with E-state index >= 15 is 0 Å². The van der Waals surface area contributed by atoms with Crippen LogP contribution in [0.25, 0.3) is 0 Å². The Kier molecular flexibility index (Phi) is 4.01. The second kappa shape index (κ2) is 5.52. The minimum absolute atomic E-state index is 0.0881. The molecule has 0 spiro atoms. The van der Waals surface area contributed by atoms with E-state index in [0.29, 0.717) is 17.8 Å². The smallest absolute Gasteiger partial charge is 0.228 e. The number of rotatable bonds is 3. The fraction of sp³-hybridized carbons (Fsp3) is 0.692. The average molecular weight is 250 g/mol. The maximum absolute atomic E-state index is 12.1. The van der Waals surface area contributed by atoms with E-state index in [1.807, 2.05) is 6.07 Å². The van der Waals surface area contributed by atoms with Crippen molar-refractivity contribution < 1.29 is 4.79 Å². The number of nitrogens with zero attached hydrogens (tertiary/aromatic N) is 1. The average Bonchev–Trinajstić information content (AvgIpc) is 2.77. The van der Waals surface area contributed by atoms with Gasteiger partial charge >= 0.3 is 0 Å². The van der Waals surface area contributed by atoms with Crippen molar-refractivity contribution in [3.8, 4) is 0 Å². The summed E-state index contributed by atoms with van der Waals surface area (Å²) < 4.78 is 0. The summed E-state index contributed by atoms with van der Waals surface area (Å²) >= 11 is 0. The van der Waals surface area contributed by atoms with E-state index in [1.165, 1.54) is 0 Å². The Morgan fingerprint density at radius 2 is 2.33 bits per heavy atom. The molecule has 1 fully saturated rings. The van der Waals surface area contributed by atoms with Crippen molar-refractivity contribution in [2.45, 2.75) is 45.6 Å². The van der Waals surface area contributed by atoms with E-state index in [1.54, 1.807) is 0 Å². The summed E-state index contributed by atoms with van der Waals surface area (Å²) in [6.07, 6.45) is 1.80. The first-order valence-electron chi connectivity index (χ1n) is 6.66. The Bertz CT molecular complexity index is 413. The summed E-state index contributed by atoms with van der Waals surface area (Å²) in [6.45, 7) is 7.21. The largest absolute Gasteiger partial charge is 0.314 e. The lowest BCUT2D eigenvalue weighted by Crippen LogP contribution is -2.40. The Hall–Kier alpha value is -1.36. The molecule has 18 heavy (non-hydrogen) atoms. The van der Waals surface area contributed by atoms with Gasteiger partial charge in [0.25, 0.3) is 0 Å². The van der Waals surface area contributed by atoms with Crippen LogP contribution in [-0.4, -0.2) is 28.7 Å². The standard InChI is InChI=1S/C13H22N4O/c1-8(2)11-7-12(17-16-11)15-13(18)10-4-5-14-9(3)6-10/h7-10,14H,4-6H2,1-3H3,(H2,15,16,17,18)/t9-,10-/m0/s1. The third kappa shape index (κ3) is 3.10. The van der Waals surface area contributed by atoms with Crippen LogP contribution in [-0.2, 0) is 4.79 Å². The molecule has 0 unspecified atom stereocenters. The van der Waals surface area contributed by atoms with E-state index in [0.717, 1.165) is 25.1 Å². The van der Waals surface area contributed by atoms with Crippen LogP contribution in [0.5, 0.6) is 0 Å². The predicted molar refractivity (Wildman–Crippen MR) is 71.5 cm³/mol. The molecule has 5 heteroatoms. The van der Waals surface area contributed by atoms with E-state index in [-0.39, 0.29) is 11.8 Å². The zero-order chi connectivity index (χ0) is 13.1. The molecule has 1 amide bonds. The van der Waals surface area contributed by atoms with E-state index in [4.69, 9.17) is 0 Å². The van der Waals surface area contributed by atoms with Crippen LogP contribution >= 0.6 is 0 Å². The maximum Gasteiger partial charge on any atom is 0.228 e. The molecule has 2 heterocycles. The molecule has 1 aliphatic heterocycles. The minimum Gasteiger partial charge on any atom is -0.314 e. The molecule has 100 valence electrons. The highest BCUT2D eigenvalue weighted by Crippen LogP contribution is 2.19. The van der Waals surface area contributed by atoms with Gasteiger partial charge in [-0.1, -0.05) is 13.8 Å². The van der Waals surface area contributed by atoms with E-state index < -0.39 is 0 Å². The van der Waals surface area contributed by atoms with Crippen molar-refractivity contribution in [2.75, 3.05) is 11.9 Å². The number of piperidine rings is 1. The molecule has 5 nitrogen and oxygen atoms in total. The third-order valence-electron chi connectivity index (χ3n) is 3.47. The van der Waals surface area contributed by atoms with Gasteiger partial charge in [-0.3, -0.25) is 9.89 Å². The predicted octanol–water partition coefficient (Wildman–Crippen LogP) is 1.86. The number of hydrogen-bond donors (Lipinski definition) is 3. The summed E-state index contributed by atoms with van der Waals surface area (Å²) in [4.78, 5) is 12.1. The van der Waals surface area contributed by atoms with Crippen LogP contribution in [0.4, 0.5) is 5.82 Å². The number of anilines is 1. The van der Waals surface area contributed by atoms with Gasteiger partial charge < -0.3 is 10.6 Å². The highest BCUT2D eigenvalue weighted by molar-refractivity contribution is 5.91. The molecule has 0 aromatic carbocycles. The number of hydrogen-bond acceptors (Lipinski definition) is 3. The van der Waals surface area contributed by atoms with Crippen LogP contribution in [0, 0.1) is 5.92 Å². The van der Waals surface area contributed by atoms with Gasteiger partial charge in [0.2, 0.25) is 5.91 Å². The Labute approximate surface area is 108 Å². The first-order chi connectivity index (χ1) is 8.56. The van der Waals surface area contributed by atoms with Gasteiger partial charge in [0.05, 0.1) is 0 Å². The lowest BCUT2D eigenvalue weighted by Gasteiger charge is -2.26. The van der Waals surface area contributed by atoms with Gasteiger partial charge in [-0.25, -0.2) is 0 Å². The Balaban J connectivity index is 1.93. The molecule has 2 rings (SSSR count). The fourth-order valence-electron chi connectivity index (χ4n) is 2.29. The zero-order valence-corrected chi connectivity index (χ0v) is 11.3. The minimum atomic E-state index is 0.0881. The summed E-state index contributed by atoms with van der Waals surface area (Å²) in [5, 5.41) is 13.3. The molecular weight excluding hydrogens is 228 g/mol. The normalized spacial score (nSPS) is 24.2. The van der Waals surface area contributed by atoms with Crippen LogP contribution in [0.1, 0.15) is 45.2 Å². The van der Waals surface area contributed by atoms with Gasteiger partial charge in [-0.2, -0.15) is 5.10 Å². The second-order valence-electron chi connectivity index (χ2n) is 5.43. The molecule has 0 saturated carbocycles. The third-order valence-corrected chi connectivity index (χ3v) is 3.47. The molecule has 1 aromatic heterocycles. The van der Waals surface area contributed by atoms with Gasteiger partial charge in [-0.05, 0) is 32.2 Å². The molecule has 1 saturated heterocycles. The number of amides is 1. The first-order valence-corrected chi connectivity index (χ1v) is 6.66. The number of aromatic nitrogens is 2. The van der Waals surface area contributed by atoms with Crippen LogP contribution in [0.3, 0.4) is 0 Å². The number of nitrogens with one attached hydrogen (secondary N) is 3. The highest BCUT2D eigenvalue weighted by Gasteiger charge is 2.25. The molecule has 0 bridgehead atoms. The van der Waals surface area contributed by atoms with Crippen molar-refractivity contribution in [1.29, 1.82) is 0 Å². The second-order valence-corrected chi connectivity index (χ2v) is 5.43. The summed E-state index contributed by atoms with van der Waals surface area (Å²) in [5.41, 5.74) is 1.05. The quantitative estimate of drug-likeness (QED) is 0.767. The van der Waals surface area contributed by atoms with E-state index in [9.17, 15) is 4.79 Å². The molecule has 3 N–H and O–H groups in total. The fourth-order valence-corrected chi connectivity index (χ4v) is 2.29. The van der Waals surface area contributed by atoms with Gasteiger partial charge in [0.1, 0.15) is 0 Å². The van der Waals surface area contributed by atoms with Crippen molar-refractivity contribution in [1.82, 2.24) is 15.5 Å². The van der Waals surface area contributed by atoms with Gasteiger partial charge in [0.15, 0.2) is 5.82 Å². The van der Waals surface area contributed by atoms with Crippen molar-refractivity contribution in [3.63, 3.8) is 0 Å². The molecule has 1 aliphatic rings. The van der Waals surface area contributed by atoms with Crippen molar-refractivity contribution >= 4 is 11.7 Å². The summed E-state index contributed by atoms with van der Waals surface area (Å²) in [5.74, 6) is 1.21. The zero-order valence-electron chi connectivity index (χ0n) is 11.3. The summed E-state index contributed by atoms with van der Waals surface area (Å²) in [6, 6.07) is 2.33. The van der Waals surface area contributed by atoms with Crippen LogP contribution in [0.2, 0.25) is 0 Å². The first kappa shape index (κ1) is 13.1. The number of aromatic amines is 1. The van der Waals surface area contributed by atoms with Gasteiger partial charge in [-0.15, -0.1) is 0 Å². The topological polar surface area (TPSA) is 69.8 Å². The lowest BCUT2D eigenvalue weighted by molar-refractivity contribution is -0.120. The van der Waals surface area contributed by atoms with Crippen LogP contribution in [0.15, 0.2) is 6.07 Å². The molecule has 0 aliphatic carbocycles. The monoisotopic (exact) mass is 250 g/mol. The Morgan fingerprint density at radius 3 is 2.94 bits per heavy atom. The molecule has 2 atom stereocenters. The number of H-pyrrole nitrogens is 1. The lowest BCUT2D eigenvalue weighted by atomic mass is 9.92. The van der Waals surface area contributed by atoms with Crippen LogP contribution < -0.4 is 10.6 Å². The molecule has 0 radical (unpaired) electrons. The number of carbonyl (C=O) groups is 1. The SMILES string of the molecule is CC(C)c1cc(NC(=O)[C@H]2CCN[C@@H](C)C2)n[nH]1. The molecule has 1 aromatic rings. The summed E-state index contributed by atoms with van der Waals surface area (Å²) in [7, 11) is 0. The van der Waals surface area contributed by atoms with Crippen molar-refractivity contribution in [3.05, 3.63) is 11.8 Å². The number of carbonyl (C=O) groups excluding carboxylic acids is 1. The highest BCUT2D eigenvalue weighted by atomic mass is 16.2. The maximum atomic E-state index is 12.1.